The molecule has 0 aliphatic carbocycles. The second kappa shape index (κ2) is 5.43. The van der Waals surface area contributed by atoms with E-state index in [-0.39, 0.29) is 0 Å². The van der Waals surface area contributed by atoms with E-state index in [2.05, 4.69) is 15.9 Å². The van der Waals surface area contributed by atoms with Gasteiger partial charge in [0.1, 0.15) is 6.10 Å². The van der Waals surface area contributed by atoms with Gasteiger partial charge in [0.2, 0.25) is 0 Å². The molecule has 1 nitrogen and oxygen atoms in total. The molecular weight excluding hydrogens is 312 g/mol. The molecule has 1 N–H and O–H groups in total. The highest BCUT2D eigenvalue weighted by Gasteiger charge is 2.14. The maximum Gasteiger partial charge on any atom is 0.104 e. The summed E-state index contributed by atoms with van der Waals surface area (Å²) in [5.74, 6) is 0. The van der Waals surface area contributed by atoms with Crippen LogP contribution >= 0.6 is 27.5 Å². The third-order valence-corrected chi connectivity index (χ3v) is 3.95. The van der Waals surface area contributed by atoms with E-state index in [0.29, 0.717) is 5.02 Å². The van der Waals surface area contributed by atoms with Gasteiger partial charge in [0.05, 0.1) is 0 Å². The normalized spacial score (nSPS) is 12.5. The van der Waals surface area contributed by atoms with Crippen molar-refractivity contribution in [2.45, 2.75) is 20.0 Å². The minimum atomic E-state index is -0.652. The van der Waals surface area contributed by atoms with Crippen LogP contribution in [-0.4, -0.2) is 5.11 Å². The van der Waals surface area contributed by atoms with E-state index in [4.69, 9.17) is 11.6 Å². The first kappa shape index (κ1) is 13.6. The first-order chi connectivity index (χ1) is 8.49. The van der Waals surface area contributed by atoms with Gasteiger partial charge in [0, 0.05) is 9.50 Å². The van der Waals surface area contributed by atoms with Crippen LogP contribution in [0.15, 0.2) is 40.9 Å². The van der Waals surface area contributed by atoms with Crippen molar-refractivity contribution in [2.24, 2.45) is 0 Å². The average molecular weight is 326 g/mol. The minimum Gasteiger partial charge on any atom is -0.384 e. The molecule has 0 aliphatic rings. The van der Waals surface area contributed by atoms with Gasteiger partial charge in [-0.25, -0.2) is 0 Å². The smallest absolute Gasteiger partial charge is 0.104 e. The van der Waals surface area contributed by atoms with E-state index in [1.165, 1.54) is 0 Å². The Balaban J connectivity index is 2.44. The fourth-order valence-electron chi connectivity index (χ4n) is 1.86. The van der Waals surface area contributed by atoms with Crippen molar-refractivity contribution < 1.29 is 5.11 Å². The summed E-state index contributed by atoms with van der Waals surface area (Å²) in [4.78, 5) is 0. The molecular formula is C15H14BrClO. The van der Waals surface area contributed by atoms with Gasteiger partial charge in [-0.2, -0.15) is 0 Å². The molecule has 94 valence electrons. The molecule has 0 radical (unpaired) electrons. The van der Waals surface area contributed by atoms with Gasteiger partial charge in [0.15, 0.2) is 0 Å². The molecule has 0 aromatic heterocycles. The van der Waals surface area contributed by atoms with Crippen molar-refractivity contribution in [3.8, 4) is 0 Å². The number of hydrogen-bond acceptors (Lipinski definition) is 1. The van der Waals surface area contributed by atoms with Crippen LogP contribution in [0.3, 0.4) is 0 Å². The van der Waals surface area contributed by atoms with Crippen molar-refractivity contribution in [3.05, 3.63) is 68.1 Å². The molecule has 1 unspecified atom stereocenters. The molecule has 18 heavy (non-hydrogen) atoms. The van der Waals surface area contributed by atoms with Crippen molar-refractivity contribution in [2.75, 3.05) is 0 Å². The van der Waals surface area contributed by atoms with E-state index >= 15 is 0 Å². The Hall–Kier alpha value is -0.830. The first-order valence-corrected chi connectivity index (χ1v) is 6.86. The summed E-state index contributed by atoms with van der Waals surface area (Å²) in [5.41, 5.74) is 3.78. The van der Waals surface area contributed by atoms with Gasteiger partial charge in [0.25, 0.3) is 0 Å². The Morgan fingerprint density at radius 2 is 1.72 bits per heavy atom. The predicted octanol–water partition coefficient (Wildman–Crippen LogP) is 4.80. The molecule has 0 spiro atoms. The number of aliphatic hydroxyl groups excluding tert-OH is 1. The second-order valence-electron chi connectivity index (χ2n) is 4.41. The Morgan fingerprint density at radius 3 is 2.39 bits per heavy atom. The lowest BCUT2D eigenvalue weighted by molar-refractivity contribution is 0.219. The van der Waals surface area contributed by atoms with Crippen LogP contribution in [0.1, 0.15) is 28.4 Å². The molecule has 0 heterocycles. The minimum absolute atomic E-state index is 0.652. The van der Waals surface area contributed by atoms with Gasteiger partial charge in [-0.05, 0) is 54.3 Å². The van der Waals surface area contributed by atoms with E-state index in [9.17, 15) is 5.11 Å². The maximum absolute atomic E-state index is 10.4. The molecule has 2 aromatic rings. The van der Waals surface area contributed by atoms with E-state index in [0.717, 1.165) is 26.7 Å². The van der Waals surface area contributed by atoms with E-state index in [1.807, 2.05) is 50.2 Å². The summed E-state index contributed by atoms with van der Waals surface area (Å²) in [7, 11) is 0. The van der Waals surface area contributed by atoms with Gasteiger partial charge in [-0.15, -0.1) is 0 Å². The molecule has 1 atom stereocenters. The Bertz CT molecular complexity index is 581. The lowest BCUT2D eigenvalue weighted by Gasteiger charge is -2.15. The standard InChI is InChI=1S/C15H14BrClO/c1-9-4-6-12(16)8-13(9)15(18)11-5-3-10(2)14(17)7-11/h3-8,15,18H,1-2H3. The van der Waals surface area contributed by atoms with Crippen LogP contribution in [0, 0.1) is 13.8 Å². The van der Waals surface area contributed by atoms with Gasteiger partial charge < -0.3 is 5.11 Å². The summed E-state index contributed by atoms with van der Waals surface area (Å²) in [6, 6.07) is 11.5. The fraction of sp³-hybridized carbons (Fsp3) is 0.200. The molecule has 0 bridgehead atoms. The summed E-state index contributed by atoms with van der Waals surface area (Å²) < 4.78 is 0.959. The Kier molecular flexibility index (Phi) is 4.10. The Morgan fingerprint density at radius 1 is 1.06 bits per heavy atom. The van der Waals surface area contributed by atoms with E-state index < -0.39 is 6.10 Å². The summed E-state index contributed by atoms with van der Waals surface area (Å²) >= 11 is 9.52. The van der Waals surface area contributed by atoms with Crippen LogP contribution in [0.2, 0.25) is 5.02 Å². The highest BCUT2D eigenvalue weighted by Crippen LogP contribution is 2.29. The number of aryl methyl sites for hydroxylation is 2. The fourth-order valence-corrected chi connectivity index (χ4v) is 2.43. The topological polar surface area (TPSA) is 20.2 Å². The van der Waals surface area contributed by atoms with Crippen LogP contribution in [-0.2, 0) is 0 Å². The number of benzene rings is 2. The second-order valence-corrected chi connectivity index (χ2v) is 5.73. The monoisotopic (exact) mass is 324 g/mol. The van der Waals surface area contributed by atoms with Crippen LogP contribution in [0.25, 0.3) is 0 Å². The van der Waals surface area contributed by atoms with Crippen LogP contribution in [0.4, 0.5) is 0 Å². The summed E-state index contributed by atoms with van der Waals surface area (Å²) in [6.45, 7) is 3.93. The van der Waals surface area contributed by atoms with Crippen molar-refractivity contribution in [1.29, 1.82) is 0 Å². The summed E-state index contributed by atoms with van der Waals surface area (Å²) in [6.07, 6.45) is -0.652. The lowest BCUT2D eigenvalue weighted by atomic mass is 9.97. The van der Waals surface area contributed by atoms with Crippen molar-refractivity contribution >= 4 is 27.5 Å². The van der Waals surface area contributed by atoms with Gasteiger partial charge in [-0.3, -0.25) is 0 Å². The Labute approximate surface area is 121 Å². The van der Waals surface area contributed by atoms with Gasteiger partial charge >= 0.3 is 0 Å². The van der Waals surface area contributed by atoms with E-state index in [1.54, 1.807) is 0 Å². The van der Waals surface area contributed by atoms with Crippen LogP contribution in [0.5, 0.6) is 0 Å². The summed E-state index contributed by atoms with van der Waals surface area (Å²) in [5, 5.41) is 11.1. The van der Waals surface area contributed by atoms with Gasteiger partial charge in [-0.1, -0.05) is 45.7 Å². The molecule has 0 fully saturated rings. The quantitative estimate of drug-likeness (QED) is 0.841. The molecule has 0 amide bonds. The first-order valence-electron chi connectivity index (χ1n) is 5.69. The highest BCUT2D eigenvalue weighted by atomic mass is 79.9. The molecule has 0 aliphatic heterocycles. The maximum atomic E-state index is 10.4. The number of aliphatic hydroxyl groups is 1. The molecule has 2 rings (SSSR count). The zero-order valence-corrected chi connectivity index (χ0v) is 12.6. The zero-order chi connectivity index (χ0) is 13.3. The molecule has 2 aromatic carbocycles. The largest absolute Gasteiger partial charge is 0.384 e. The predicted molar refractivity (Wildman–Crippen MR) is 79.1 cm³/mol. The number of hydrogen-bond donors (Lipinski definition) is 1. The molecule has 3 heteroatoms. The highest BCUT2D eigenvalue weighted by molar-refractivity contribution is 9.10. The van der Waals surface area contributed by atoms with Crippen molar-refractivity contribution in [3.63, 3.8) is 0 Å². The number of rotatable bonds is 2. The average Bonchev–Trinajstić information content (AvgIpc) is 2.35. The zero-order valence-electron chi connectivity index (χ0n) is 10.2. The third kappa shape index (κ3) is 2.77. The number of halogens is 2. The SMILES string of the molecule is Cc1ccc(C(O)c2cc(Br)ccc2C)cc1Cl. The van der Waals surface area contributed by atoms with Crippen LogP contribution < -0.4 is 0 Å². The van der Waals surface area contributed by atoms with Crippen molar-refractivity contribution in [1.82, 2.24) is 0 Å². The molecule has 0 saturated heterocycles. The molecule has 0 saturated carbocycles. The lowest BCUT2D eigenvalue weighted by Crippen LogP contribution is -2.02. The third-order valence-electron chi connectivity index (χ3n) is 3.05.